The number of fused-ring (bicyclic) bond motifs is 1. The number of nitriles is 1. The van der Waals surface area contributed by atoms with Crippen molar-refractivity contribution in [1.82, 2.24) is 4.98 Å². The summed E-state index contributed by atoms with van der Waals surface area (Å²) in [4.78, 5) is 3.94. The van der Waals surface area contributed by atoms with Gasteiger partial charge in [0.2, 0.25) is 5.69 Å². The molecule has 2 aromatic rings. The van der Waals surface area contributed by atoms with Gasteiger partial charge in [-0.15, -0.1) is 0 Å². The SMILES string of the molecule is Cc1nc(C#N)c(N/N=C/C2=Cc3ccccc3O[C@H]2C)o1. The Kier molecular flexibility index (Phi) is 3.62. The minimum Gasteiger partial charge on any atom is -0.485 e. The van der Waals surface area contributed by atoms with Crippen LogP contribution in [0.4, 0.5) is 5.88 Å². The van der Waals surface area contributed by atoms with E-state index in [4.69, 9.17) is 14.4 Å². The summed E-state index contributed by atoms with van der Waals surface area (Å²) >= 11 is 0. The number of aromatic nitrogens is 1. The van der Waals surface area contributed by atoms with Gasteiger partial charge in [0.1, 0.15) is 17.9 Å². The second kappa shape index (κ2) is 5.74. The molecule has 1 aliphatic heterocycles. The lowest BCUT2D eigenvalue weighted by Gasteiger charge is -2.22. The average molecular weight is 294 g/mol. The highest BCUT2D eigenvalue weighted by atomic mass is 16.5. The van der Waals surface area contributed by atoms with Crippen LogP contribution in [0, 0.1) is 18.3 Å². The predicted molar refractivity (Wildman–Crippen MR) is 82.6 cm³/mol. The van der Waals surface area contributed by atoms with Crippen molar-refractivity contribution in [2.24, 2.45) is 5.10 Å². The van der Waals surface area contributed by atoms with Gasteiger partial charge in [-0.05, 0) is 19.1 Å². The molecule has 1 aliphatic rings. The Bertz CT molecular complexity index is 799. The number of hydrogen-bond acceptors (Lipinski definition) is 6. The van der Waals surface area contributed by atoms with E-state index in [0.29, 0.717) is 5.89 Å². The Morgan fingerprint density at radius 3 is 3.05 bits per heavy atom. The molecule has 0 aliphatic carbocycles. The number of hydrazone groups is 1. The van der Waals surface area contributed by atoms with Gasteiger partial charge in [0.05, 0.1) is 6.21 Å². The van der Waals surface area contributed by atoms with Crippen molar-refractivity contribution in [3.63, 3.8) is 0 Å². The summed E-state index contributed by atoms with van der Waals surface area (Å²) in [6, 6.07) is 9.76. The molecule has 22 heavy (non-hydrogen) atoms. The van der Waals surface area contributed by atoms with Gasteiger partial charge in [-0.25, -0.2) is 10.4 Å². The largest absolute Gasteiger partial charge is 0.485 e. The molecule has 6 nitrogen and oxygen atoms in total. The minimum atomic E-state index is -0.104. The molecule has 1 N–H and O–H groups in total. The number of ether oxygens (including phenoxy) is 1. The number of aryl methyl sites for hydroxylation is 1. The lowest BCUT2D eigenvalue weighted by molar-refractivity contribution is 0.260. The quantitative estimate of drug-likeness (QED) is 0.694. The van der Waals surface area contributed by atoms with Crippen LogP contribution in [0.5, 0.6) is 5.75 Å². The topological polar surface area (TPSA) is 83.4 Å². The lowest BCUT2D eigenvalue weighted by atomic mass is 10.0. The molecule has 110 valence electrons. The predicted octanol–water partition coefficient (Wildman–Crippen LogP) is 3.12. The van der Waals surface area contributed by atoms with Crippen molar-refractivity contribution >= 4 is 18.2 Å². The van der Waals surface area contributed by atoms with Gasteiger partial charge in [-0.2, -0.15) is 10.4 Å². The van der Waals surface area contributed by atoms with Gasteiger partial charge in [-0.1, -0.05) is 18.2 Å². The number of nitrogens with one attached hydrogen (secondary N) is 1. The maximum atomic E-state index is 8.94. The second-order valence-corrected chi connectivity index (χ2v) is 4.83. The summed E-state index contributed by atoms with van der Waals surface area (Å²) in [7, 11) is 0. The Hall–Kier alpha value is -3.07. The van der Waals surface area contributed by atoms with E-state index < -0.39 is 0 Å². The number of benzene rings is 1. The minimum absolute atomic E-state index is 0.104. The summed E-state index contributed by atoms with van der Waals surface area (Å²) in [5, 5.41) is 13.0. The first-order valence-electron chi connectivity index (χ1n) is 6.81. The fraction of sp³-hybridized carbons (Fsp3) is 0.188. The Labute approximate surface area is 127 Å². The highest BCUT2D eigenvalue weighted by Gasteiger charge is 2.17. The van der Waals surface area contributed by atoms with E-state index in [1.54, 1.807) is 13.1 Å². The van der Waals surface area contributed by atoms with Crippen molar-refractivity contribution < 1.29 is 9.15 Å². The van der Waals surface area contributed by atoms with Gasteiger partial charge in [0, 0.05) is 18.1 Å². The van der Waals surface area contributed by atoms with Crippen LogP contribution < -0.4 is 10.2 Å². The molecule has 0 unspecified atom stereocenters. The lowest BCUT2D eigenvalue weighted by Crippen LogP contribution is -2.19. The Balaban J connectivity index is 1.78. The summed E-state index contributed by atoms with van der Waals surface area (Å²) < 4.78 is 11.1. The van der Waals surface area contributed by atoms with Crippen molar-refractivity contribution in [2.45, 2.75) is 20.0 Å². The summed E-state index contributed by atoms with van der Waals surface area (Å²) in [6.45, 7) is 3.62. The highest BCUT2D eigenvalue weighted by molar-refractivity contribution is 5.89. The first kappa shape index (κ1) is 13.9. The van der Waals surface area contributed by atoms with Crippen molar-refractivity contribution in [1.29, 1.82) is 5.26 Å². The van der Waals surface area contributed by atoms with E-state index in [1.807, 2.05) is 43.3 Å². The number of nitrogens with zero attached hydrogens (tertiary/aromatic N) is 3. The third-order valence-electron chi connectivity index (χ3n) is 3.23. The van der Waals surface area contributed by atoms with Gasteiger partial charge >= 0.3 is 0 Å². The number of hydrogen-bond donors (Lipinski definition) is 1. The fourth-order valence-corrected chi connectivity index (χ4v) is 2.15. The van der Waals surface area contributed by atoms with E-state index in [0.717, 1.165) is 16.9 Å². The van der Waals surface area contributed by atoms with Gasteiger partial charge in [0.25, 0.3) is 5.88 Å². The van der Waals surface area contributed by atoms with Crippen LogP contribution in [0.2, 0.25) is 0 Å². The number of para-hydroxylation sites is 1. The van der Waals surface area contributed by atoms with E-state index in [9.17, 15) is 0 Å². The van der Waals surface area contributed by atoms with Crippen LogP contribution in [0.25, 0.3) is 6.08 Å². The number of oxazole rings is 1. The molecular formula is C16H14N4O2. The molecule has 0 bridgehead atoms. The standard InChI is InChI=1S/C16H14N4O2/c1-10-13(7-12-5-3-4-6-15(12)21-10)9-18-20-16-14(8-17)19-11(2)22-16/h3-7,9-10,20H,1-2H3/b18-9+/t10-/m0/s1. The van der Waals surface area contributed by atoms with Crippen LogP contribution in [0.15, 0.2) is 39.4 Å². The zero-order valence-electron chi connectivity index (χ0n) is 12.2. The Morgan fingerprint density at radius 2 is 2.23 bits per heavy atom. The van der Waals surface area contributed by atoms with Crippen LogP contribution in [-0.2, 0) is 0 Å². The molecule has 1 atom stereocenters. The van der Waals surface area contributed by atoms with Crippen molar-refractivity contribution in [3.05, 3.63) is 47.0 Å². The molecule has 3 rings (SSSR count). The van der Waals surface area contributed by atoms with Crippen molar-refractivity contribution in [2.75, 3.05) is 5.43 Å². The number of rotatable bonds is 3. The third kappa shape index (κ3) is 2.69. The molecule has 2 heterocycles. The first-order valence-corrected chi connectivity index (χ1v) is 6.81. The normalized spacial score (nSPS) is 16.6. The molecule has 0 saturated carbocycles. The van der Waals surface area contributed by atoms with E-state index in [-0.39, 0.29) is 17.7 Å². The number of anilines is 1. The zero-order chi connectivity index (χ0) is 15.5. The second-order valence-electron chi connectivity index (χ2n) is 4.83. The van der Waals surface area contributed by atoms with Gasteiger partial charge < -0.3 is 9.15 Å². The molecule has 1 aromatic carbocycles. The summed E-state index contributed by atoms with van der Waals surface area (Å²) in [5.74, 6) is 1.51. The van der Waals surface area contributed by atoms with E-state index in [2.05, 4.69) is 15.5 Å². The van der Waals surface area contributed by atoms with Gasteiger partial charge in [0.15, 0.2) is 5.89 Å². The molecule has 1 aromatic heterocycles. The van der Waals surface area contributed by atoms with Crippen LogP contribution in [0.3, 0.4) is 0 Å². The first-order chi connectivity index (χ1) is 10.7. The molecule has 0 spiro atoms. The third-order valence-corrected chi connectivity index (χ3v) is 3.23. The Morgan fingerprint density at radius 1 is 1.41 bits per heavy atom. The van der Waals surface area contributed by atoms with Crippen LogP contribution >= 0.6 is 0 Å². The van der Waals surface area contributed by atoms with Crippen LogP contribution in [0.1, 0.15) is 24.1 Å². The summed E-state index contributed by atoms with van der Waals surface area (Å²) in [5.41, 5.74) is 4.81. The molecule has 0 saturated heterocycles. The van der Waals surface area contributed by atoms with Gasteiger partial charge in [-0.3, -0.25) is 0 Å². The molecule has 0 radical (unpaired) electrons. The van der Waals surface area contributed by atoms with E-state index in [1.165, 1.54) is 0 Å². The highest BCUT2D eigenvalue weighted by Crippen LogP contribution is 2.28. The maximum Gasteiger partial charge on any atom is 0.252 e. The molecule has 0 amide bonds. The summed E-state index contributed by atoms with van der Waals surface area (Å²) in [6.07, 6.45) is 3.57. The van der Waals surface area contributed by atoms with Crippen molar-refractivity contribution in [3.8, 4) is 11.8 Å². The maximum absolute atomic E-state index is 8.94. The molecule has 0 fully saturated rings. The molecule has 6 heteroatoms. The van der Waals surface area contributed by atoms with E-state index >= 15 is 0 Å². The molecular weight excluding hydrogens is 280 g/mol. The monoisotopic (exact) mass is 294 g/mol. The average Bonchev–Trinajstić information content (AvgIpc) is 2.88. The van der Waals surface area contributed by atoms with Crippen LogP contribution in [-0.4, -0.2) is 17.3 Å². The smallest absolute Gasteiger partial charge is 0.252 e. The fourth-order valence-electron chi connectivity index (χ4n) is 2.15. The zero-order valence-corrected chi connectivity index (χ0v) is 12.2.